The lowest BCUT2D eigenvalue weighted by atomic mass is 9.95. The Labute approximate surface area is 305 Å². The molecule has 0 spiro atoms. The van der Waals surface area contributed by atoms with Crippen LogP contribution in [0.5, 0.6) is 0 Å². The predicted molar refractivity (Wildman–Crippen MR) is 226 cm³/mol. The average Bonchev–Trinajstić information content (AvgIpc) is 3.86. The van der Waals surface area contributed by atoms with Gasteiger partial charge in [-0.05, 0) is 103 Å². The number of benzene rings is 8. The highest BCUT2D eigenvalue weighted by Crippen LogP contribution is 2.40. The van der Waals surface area contributed by atoms with Gasteiger partial charge in [-0.1, -0.05) is 133 Å². The van der Waals surface area contributed by atoms with Crippen molar-refractivity contribution in [2.24, 2.45) is 0 Å². The molecule has 1 aliphatic heterocycles. The van der Waals surface area contributed by atoms with Crippen LogP contribution in [0, 0.1) is 0 Å². The van der Waals surface area contributed by atoms with Crippen molar-refractivity contribution in [3.8, 4) is 33.4 Å². The molecule has 51 heavy (non-hydrogen) atoms. The average molecular weight is 699 g/mol. The van der Waals surface area contributed by atoms with Gasteiger partial charge in [0, 0.05) is 40.3 Å². The summed E-state index contributed by atoms with van der Waals surface area (Å²) < 4.78 is 5.36. The van der Waals surface area contributed by atoms with Gasteiger partial charge in [-0.15, -0.1) is 22.7 Å². The molecule has 1 aliphatic rings. The Bertz CT molecular complexity index is 2770. The number of thiophene rings is 2. The Morgan fingerprint density at radius 3 is 1.14 bits per heavy atom. The van der Waals surface area contributed by atoms with E-state index in [2.05, 4.69) is 182 Å². The first-order chi connectivity index (χ1) is 25.3. The van der Waals surface area contributed by atoms with Crippen molar-refractivity contribution < 1.29 is 0 Å². The van der Waals surface area contributed by atoms with Gasteiger partial charge in [0.1, 0.15) is 0 Å². The van der Waals surface area contributed by atoms with Crippen molar-refractivity contribution in [1.82, 2.24) is 0 Å². The third kappa shape index (κ3) is 4.29. The van der Waals surface area contributed by atoms with Crippen molar-refractivity contribution in [3.63, 3.8) is 0 Å². The lowest BCUT2D eigenvalue weighted by Crippen LogP contribution is -2.72. The second kappa shape index (κ2) is 11.2. The summed E-state index contributed by atoms with van der Waals surface area (Å²) in [5, 5.41) is 11.1. The molecule has 3 heterocycles. The fourth-order valence-electron chi connectivity index (χ4n) is 8.67. The Morgan fingerprint density at radius 2 is 0.667 bits per heavy atom. The quantitative estimate of drug-likeness (QED) is 0.161. The molecule has 2 aromatic heterocycles. The Morgan fingerprint density at radius 1 is 0.294 bits per heavy atom. The first-order valence-corrected chi connectivity index (χ1v) is 21.1. The van der Waals surface area contributed by atoms with Crippen LogP contribution in [0.2, 0.25) is 0 Å². The van der Waals surface area contributed by atoms with E-state index >= 15 is 0 Å². The van der Waals surface area contributed by atoms with Gasteiger partial charge >= 0.3 is 0 Å². The van der Waals surface area contributed by atoms with Gasteiger partial charge in [0.2, 0.25) is 0 Å². The first kappa shape index (κ1) is 29.2. The predicted octanol–water partition coefficient (Wildman–Crippen LogP) is 11.1. The topological polar surface area (TPSA) is 0 Å². The SMILES string of the molecule is c1ccc([Si]2(c3ccccc3)c3ccc(-c4ccc5sc6ccccc6c5c4)cc3-c3cc(-c4ccc5sc6ccccc6c5c4)ccc32)cc1. The fraction of sp³-hybridized carbons (Fsp3) is 0. The number of hydrogen-bond donors (Lipinski definition) is 0. The molecule has 0 saturated carbocycles. The standard InChI is InChI=1S/C48H30S2Si/c1-3-11-35(12-4-1)51(36-13-5-2-6-14-36)47-25-21-33(31-19-23-45-39(27-31)37-15-7-9-17-43(37)49-45)29-41(47)42-30-34(22-26-48(42)51)32-20-24-46-40(28-32)38-16-8-10-18-44(38)50-46/h1-30H. The molecule has 3 heteroatoms. The molecule has 11 rings (SSSR count). The summed E-state index contributed by atoms with van der Waals surface area (Å²) in [5.74, 6) is 0. The summed E-state index contributed by atoms with van der Waals surface area (Å²) in [7, 11) is -2.61. The molecule has 0 radical (unpaired) electrons. The number of hydrogen-bond acceptors (Lipinski definition) is 2. The van der Waals surface area contributed by atoms with Crippen molar-refractivity contribution in [3.05, 3.63) is 182 Å². The van der Waals surface area contributed by atoms with Crippen LogP contribution >= 0.6 is 22.7 Å². The third-order valence-corrected chi connectivity index (χ3v) is 18.2. The summed E-state index contributed by atoms with van der Waals surface area (Å²) in [6.45, 7) is 0. The van der Waals surface area contributed by atoms with Crippen LogP contribution in [0.25, 0.3) is 73.7 Å². The maximum Gasteiger partial charge on any atom is 0.180 e. The van der Waals surface area contributed by atoms with Crippen molar-refractivity contribution >= 4 is 91.8 Å². The van der Waals surface area contributed by atoms with E-state index in [0.29, 0.717) is 0 Å². The maximum atomic E-state index is 2.49. The van der Waals surface area contributed by atoms with E-state index in [1.807, 2.05) is 22.7 Å². The third-order valence-electron chi connectivity index (χ3n) is 11.0. The summed E-state index contributed by atoms with van der Waals surface area (Å²) in [4.78, 5) is 0. The maximum absolute atomic E-state index is 2.61. The minimum atomic E-state index is -2.61. The molecule has 0 amide bonds. The lowest BCUT2D eigenvalue weighted by Gasteiger charge is -2.31. The van der Waals surface area contributed by atoms with E-state index in [9.17, 15) is 0 Å². The van der Waals surface area contributed by atoms with Crippen molar-refractivity contribution in [2.75, 3.05) is 0 Å². The van der Waals surface area contributed by atoms with Gasteiger partial charge in [-0.2, -0.15) is 0 Å². The van der Waals surface area contributed by atoms with E-state index in [1.165, 1.54) is 94.5 Å². The normalized spacial score (nSPS) is 13.3. The Balaban J connectivity index is 1.17. The zero-order valence-corrected chi connectivity index (χ0v) is 30.3. The van der Waals surface area contributed by atoms with Crippen LogP contribution in [-0.2, 0) is 0 Å². The summed E-state index contributed by atoms with van der Waals surface area (Å²) in [6.07, 6.45) is 0. The molecule has 10 aromatic rings. The molecule has 0 saturated heterocycles. The summed E-state index contributed by atoms with van der Waals surface area (Å²) >= 11 is 3.76. The van der Waals surface area contributed by atoms with E-state index in [-0.39, 0.29) is 0 Å². The van der Waals surface area contributed by atoms with Crippen LogP contribution in [0.3, 0.4) is 0 Å². The molecule has 0 atom stereocenters. The molecular formula is C48H30S2Si. The highest BCUT2D eigenvalue weighted by atomic mass is 32.1. The largest absolute Gasteiger partial charge is 0.180 e. The van der Waals surface area contributed by atoms with Gasteiger partial charge in [-0.25, -0.2) is 0 Å². The van der Waals surface area contributed by atoms with Crippen LogP contribution in [0.1, 0.15) is 0 Å². The molecule has 238 valence electrons. The Kier molecular flexibility index (Phi) is 6.41. The zero-order valence-electron chi connectivity index (χ0n) is 27.6. The smallest absolute Gasteiger partial charge is 0.135 e. The lowest BCUT2D eigenvalue weighted by molar-refractivity contribution is 1.65. The minimum absolute atomic E-state index is 1.26. The van der Waals surface area contributed by atoms with Gasteiger partial charge in [0.15, 0.2) is 8.07 Å². The van der Waals surface area contributed by atoms with Gasteiger partial charge in [0.05, 0.1) is 0 Å². The second-order valence-electron chi connectivity index (χ2n) is 13.6. The van der Waals surface area contributed by atoms with Crippen LogP contribution in [0.4, 0.5) is 0 Å². The molecule has 0 nitrogen and oxygen atoms in total. The first-order valence-electron chi connectivity index (χ1n) is 17.5. The minimum Gasteiger partial charge on any atom is -0.135 e. The summed E-state index contributed by atoms with van der Waals surface area (Å²) in [5.41, 5.74) is 7.78. The number of fused-ring (bicyclic) bond motifs is 9. The molecule has 0 bridgehead atoms. The van der Waals surface area contributed by atoms with Gasteiger partial charge in [-0.3, -0.25) is 0 Å². The zero-order chi connectivity index (χ0) is 33.5. The van der Waals surface area contributed by atoms with E-state index in [1.54, 1.807) is 0 Å². The Hall–Kier alpha value is -5.58. The molecule has 0 N–H and O–H groups in total. The van der Waals surface area contributed by atoms with Crippen LogP contribution < -0.4 is 20.7 Å². The van der Waals surface area contributed by atoms with Gasteiger partial charge < -0.3 is 0 Å². The molecule has 8 aromatic carbocycles. The highest BCUT2D eigenvalue weighted by Gasteiger charge is 2.48. The molecule has 0 unspecified atom stereocenters. The molecule has 0 aliphatic carbocycles. The van der Waals surface area contributed by atoms with Crippen molar-refractivity contribution in [2.45, 2.75) is 0 Å². The molecule has 0 fully saturated rings. The monoisotopic (exact) mass is 698 g/mol. The number of rotatable bonds is 4. The van der Waals surface area contributed by atoms with E-state index in [0.717, 1.165) is 0 Å². The second-order valence-corrected chi connectivity index (χ2v) is 19.5. The van der Waals surface area contributed by atoms with E-state index < -0.39 is 8.07 Å². The van der Waals surface area contributed by atoms with Crippen LogP contribution in [-0.4, -0.2) is 8.07 Å². The van der Waals surface area contributed by atoms with E-state index in [4.69, 9.17) is 0 Å². The molecular weight excluding hydrogens is 669 g/mol. The fourth-order valence-corrected chi connectivity index (χ4v) is 16.0. The summed E-state index contributed by atoms with van der Waals surface area (Å²) in [6, 6.07) is 68.9. The van der Waals surface area contributed by atoms with Crippen molar-refractivity contribution in [1.29, 1.82) is 0 Å². The van der Waals surface area contributed by atoms with Crippen LogP contribution in [0.15, 0.2) is 182 Å². The van der Waals surface area contributed by atoms with Gasteiger partial charge in [0.25, 0.3) is 0 Å². The highest BCUT2D eigenvalue weighted by molar-refractivity contribution is 7.26.